The third-order valence-corrected chi connectivity index (χ3v) is 2.80. The molecule has 4 nitrogen and oxygen atoms in total. The van der Waals surface area contributed by atoms with Crippen molar-refractivity contribution in [3.05, 3.63) is 28.2 Å². The second kappa shape index (κ2) is 6.85. The van der Waals surface area contributed by atoms with Crippen molar-refractivity contribution in [1.29, 1.82) is 0 Å². The van der Waals surface area contributed by atoms with Gasteiger partial charge in [-0.1, -0.05) is 15.9 Å². The van der Waals surface area contributed by atoms with Crippen LogP contribution in [0.4, 0.5) is 0 Å². The van der Waals surface area contributed by atoms with Crippen LogP contribution in [0.2, 0.25) is 0 Å². The molecule has 0 aromatic heterocycles. The summed E-state index contributed by atoms with van der Waals surface area (Å²) in [7, 11) is 1.63. The Morgan fingerprint density at radius 2 is 2.31 bits per heavy atom. The first-order chi connectivity index (χ1) is 7.72. The first-order valence-corrected chi connectivity index (χ1v) is 5.90. The van der Waals surface area contributed by atoms with Crippen LogP contribution in [0.15, 0.2) is 22.7 Å². The molecule has 0 aliphatic heterocycles. The molecule has 0 bridgehead atoms. The van der Waals surface area contributed by atoms with Gasteiger partial charge in [-0.15, -0.1) is 0 Å². The SMILES string of the molecule is COc1ccc(Br)cc1C(CN)NCCO. The van der Waals surface area contributed by atoms with Gasteiger partial charge < -0.3 is 20.9 Å². The molecule has 0 radical (unpaired) electrons. The highest BCUT2D eigenvalue weighted by atomic mass is 79.9. The third kappa shape index (κ3) is 3.45. The van der Waals surface area contributed by atoms with Crippen LogP contribution in [0.1, 0.15) is 11.6 Å². The van der Waals surface area contributed by atoms with Crippen molar-refractivity contribution in [2.45, 2.75) is 6.04 Å². The monoisotopic (exact) mass is 288 g/mol. The maximum absolute atomic E-state index is 8.79. The van der Waals surface area contributed by atoms with Crippen LogP contribution in [-0.4, -0.2) is 31.9 Å². The fourth-order valence-electron chi connectivity index (χ4n) is 1.54. The lowest BCUT2D eigenvalue weighted by atomic mass is 10.1. The molecule has 0 saturated carbocycles. The molecule has 0 aliphatic carbocycles. The predicted molar refractivity (Wildman–Crippen MR) is 67.6 cm³/mol. The average Bonchev–Trinajstić information content (AvgIpc) is 2.30. The van der Waals surface area contributed by atoms with Gasteiger partial charge in [-0.3, -0.25) is 0 Å². The maximum Gasteiger partial charge on any atom is 0.123 e. The minimum absolute atomic E-state index is 0.0143. The highest BCUT2D eigenvalue weighted by Crippen LogP contribution is 2.27. The van der Waals surface area contributed by atoms with Crippen LogP contribution in [-0.2, 0) is 0 Å². The zero-order valence-electron chi connectivity index (χ0n) is 9.24. The van der Waals surface area contributed by atoms with Crippen molar-refractivity contribution in [3.63, 3.8) is 0 Å². The number of benzene rings is 1. The summed E-state index contributed by atoms with van der Waals surface area (Å²) in [6.07, 6.45) is 0. The van der Waals surface area contributed by atoms with Crippen molar-refractivity contribution < 1.29 is 9.84 Å². The highest BCUT2D eigenvalue weighted by Gasteiger charge is 2.14. The second-order valence-corrected chi connectivity index (χ2v) is 4.27. The van der Waals surface area contributed by atoms with Gasteiger partial charge in [0.05, 0.1) is 13.7 Å². The number of hydrogen-bond donors (Lipinski definition) is 3. The van der Waals surface area contributed by atoms with Gasteiger partial charge in [0.25, 0.3) is 0 Å². The molecule has 1 aromatic rings. The number of hydrogen-bond acceptors (Lipinski definition) is 4. The lowest BCUT2D eigenvalue weighted by molar-refractivity contribution is 0.284. The number of nitrogens with one attached hydrogen (secondary N) is 1. The smallest absolute Gasteiger partial charge is 0.123 e. The Bertz CT molecular complexity index is 334. The zero-order chi connectivity index (χ0) is 12.0. The number of nitrogens with two attached hydrogens (primary N) is 1. The first kappa shape index (κ1) is 13.4. The Kier molecular flexibility index (Phi) is 5.76. The molecule has 0 heterocycles. The summed E-state index contributed by atoms with van der Waals surface area (Å²) in [5.74, 6) is 0.795. The number of rotatable bonds is 6. The molecule has 0 amide bonds. The summed E-state index contributed by atoms with van der Waals surface area (Å²) in [6.45, 7) is 1.05. The quantitative estimate of drug-likeness (QED) is 0.732. The molecular formula is C11H17BrN2O2. The number of aliphatic hydroxyl groups is 1. The Balaban J connectivity index is 2.92. The molecule has 0 saturated heterocycles. The van der Waals surface area contributed by atoms with Crippen LogP contribution in [0, 0.1) is 0 Å². The van der Waals surface area contributed by atoms with Gasteiger partial charge in [-0.25, -0.2) is 0 Å². The van der Waals surface area contributed by atoms with Crippen molar-refractivity contribution >= 4 is 15.9 Å². The summed E-state index contributed by atoms with van der Waals surface area (Å²) < 4.78 is 6.26. The van der Waals surface area contributed by atoms with Gasteiger partial charge in [0.1, 0.15) is 5.75 Å². The number of methoxy groups -OCH3 is 1. The van der Waals surface area contributed by atoms with E-state index in [0.717, 1.165) is 15.8 Å². The van der Waals surface area contributed by atoms with Gasteiger partial charge >= 0.3 is 0 Å². The van der Waals surface area contributed by atoms with Crippen LogP contribution < -0.4 is 15.8 Å². The lowest BCUT2D eigenvalue weighted by Gasteiger charge is -2.19. The molecule has 4 N–H and O–H groups in total. The number of aliphatic hydroxyl groups excluding tert-OH is 1. The van der Waals surface area contributed by atoms with Gasteiger partial charge in [-0.05, 0) is 18.2 Å². The minimum atomic E-state index is -0.0143. The molecule has 1 atom stereocenters. The fourth-order valence-corrected chi connectivity index (χ4v) is 1.92. The normalized spacial score (nSPS) is 12.5. The molecule has 1 rings (SSSR count). The van der Waals surface area contributed by atoms with E-state index >= 15 is 0 Å². The first-order valence-electron chi connectivity index (χ1n) is 5.10. The van der Waals surface area contributed by atoms with Crippen LogP contribution in [0.25, 0.3) is 0 Å². The molecule has 0 spiro atoms. The second-order valence-electron chi connectivity index (χ2n) is 3.35. The largest absolute Gasteiger partial charge is 0.496 e. The molecular weight excluding hydrogens is 272 g/mol. The number of halogens is 1. The Morgan fingerprint density at radius 3 is 2.88 bits per heavy atom. The summed E-state index contributed by atoms with van der Waals surface area (Å²) in [4.78, 5) is 0. The minimum Gasteiger partial charge on any atom is -0.496 e. The van der Waals surface area contributed by atoms with E-state index in [-0.39, 0.29) is 12.6 Å². The van der Waals surface area contributed by atoms with Gasteiger partial charge in [-0.2, -0.15) is 0 Å². The standard InChI is InChI=1S/C11H17BrN2O2/c1-16-11-3-2-8(12)6-9(11)10(7-13)14-4-5-15/h2-3,6,10,14-15H,4-5,7,13H2,1H3. The van der Waals surface area contributed by atoms with E-state index in [1.54, 1.807) is 7.11 Å². The highest BCUT2D eigenvalue weighted by molar-refractivity contribution is 9.10. The van der Waals surface area contributed by atoms with Crippen molar-refractivity contribution in [3.8, 4) is 5.75 Å². The number of ether oxygens (including phenoxy) is 1. The third-order valence-electron chi connectivity index (χ3n) is 2.31. The van der Waals surface area contributed by atoms with E-state index < -0.39 is 0 Å². The lowest BCUT2D eigenvalue weighted by Crippen LogP contribution is -2.30. The molecule has 1 aromatic carbocycles. The van der Waals surface area contributed by atoms with Crippen molar-refractivity contribution in [1.82, 2.24) is 5.32 Å². The van der Waals surface area contributed by atoms with E-state index in [2.05, 4.69) is 21.2 Å². The van der Waals surface area contributed by atoms with Gasteiger partial charge in [0.15, 0.2) is 0 Å². The van der Waals surface area contributed by atoms with Gasteiger partial charge in [0, 0.05) is 29.2 Å². The van der Waals surface area contributed by atoms with E-state index in [9.17, 15) is 0 Å². The van der Waals surface area contributed by atoms with Crippen LogP contribution in [0.3, 0.4) is 0 Å². The summed E-state index contributed by atoms with van der Waals surface area (Å²) >= 11 is 3.42. The summed E-state index contributed by atoms with van der Waals surface area (Å²) in [5, 5.41) is 12.0. The molecule has 0 fully saturated rings. The predicted octanol–water partition coefficient (Wildman–Crippen LogP) is 1.04. The van der Waals surface area contributed by atoms with E-state index in [1.165, 1.54) is 0 Å². The maximum atomic E-state index is 8.79. The molecule has 90 valence electrons. The Labute approximate surface area is 104 Å². The van der Waals surface area contributed by atoms with Gasteiger partial charge in [0.2, 0.25) is 0 Å². The van der Waals surface area contributed by atoms with E-state index in [1.807, 2.05) is 18.2 Å². The molecule has 5 heteroatoms. The van der Waals surface area contributed by atoms with Crippen molar-refractivity contribution in [2.24, 2.45) is 5.73 Å². The summed E-state index contributed by atoms with van der Waals surface area (Å²) in [5.41, 5.74) is 6.70. The molecule has 0 aliphatic rings. The summed E-state index contributed by atoms with van der Waals surface area (Å²) in [6, 6.07) is 5.77. The van der Waals surface area contributed by atoms with E-state index in [0.29, 0.717) is 13.1 Å². The van der Waals surface area contributed by atoms with Crippen LogP contribution >= 0.6 is 15.9 Å². The average molecular weight is 289 g/mol. The Morgan fingerprint density at radius 1 is 1.56 bits per heavy atom. The van der Waals surface area contributed by atoms with Crippen molar-refractivity contribution in [2.75, 3.05) is 26.8 Å². The topological polar surface area (TPSA) is 67.5 Å². The molecule has 1 unspecified atom stereocenters. The van der Waals surface area contributed by atoms with Crippen LogP contribution in [0.5, 0.6) is 5.75 Å². The Hall–Kier alpha value is -0.620. The van der Waals surface area contributed by atoms with E-state index in [4.69, 9.17) is 15.6 Å². The molecule has 16 heavy (non-hydrogen) atoms. The zero-order valence-corrected chi connectivity index (χ0v) is 10.8. The fraction of sp³-hybridized carbons (Fsp3) is 0.455.